The van der Waals surface area contributed by atoms with E-state index in [9.17, 15) is 18.0 Å². The summed E-state index contributed by atoms with van der Waals surface area (Å²) in [7, 11) is -2.33. The second-order valence-electron chi connectivity index (χ2n) is 7.66. The van der Waals surface area contributed by atoms with Crippen LogP contribution in [0, 0.1) is 11.8 Å². The van der Waals surface area contributed by atoms with Crippen LogP contribution in [0.15, 0.2) is 33.6 Å². The number of ether oxygens (including phenoxy) is 1. The van der Waals surface area contributed by atoms with E-state index in [-0.39, 0.29) is 42.2 Å². The second-order valence-corrected chi connectivity index (χ2v) is 10.5. The highest BCUT2D eigenvalue weighted by atomic mass is 79.9. The molecule has 1 fully saturated rings. The summed E-state index contributed by atoms with van der Waals surface area (Å²) >= 11 is 3.31. The van der Waals surface area contributed by atoms with Crippen LogP contribution in [0.2, 0.25) is 0 Å². The van der Waals surface area contributed by atoms with Crippen molar-refractivity contribution in [2.75, 3.05) is 33.3 Å². The van der Waals surface area contributed by atoms with Crippen LogP contribution >= 0.6 is 15.9 Å². The van der Waals surface area contributed by atoms with Crippen LogP contribution in [0.5, 0.6) is 0 Å². The van der Waals surface area contributed by atoms with Crippen LogP contribution < -0.4 is 0 Å². The summed E-state index contributed by atoms with van der Waals surface area (Å²) in [5, 5.41) is 0. The average molecular weight is 489 g/mol. The molecule has 1 aromatic rings. The summed E-state index contributed by atoms with van der Waals surface area (Å²) in [6.45, 7) is 5.36. The maximum atomic E-state index is 13.1. The van der Waals surface area contributed by atoms with Crippen LogP contribution in [0.4, 0.5) is 0 Å². The first-order valence-electron chi connectivity index (χ1n) is 9.76. The normalized spacial score (nSPS) is 17.9. The van der Waals surface area contributed by atoms with Gasteiger partial charge >= 0.3 is 5.97 Å². The highest BCUT2D eigenvalue weighted by molar-refractivity contribution is 9.10. The molecule has 0 spiro atoms. The van der Waals surface area contributed by atoms with Gasteiger partial charge in [0.2, 0.25) is 15.9 Å². The number of carbonyl (C=O) groups excluding carboxylic acids is 2. The van der Waals surface area contributed by atoms with E-state index in [0.717, 1.165) is 4.47 Å². The van der Waals surface area contributed by atoms with Gasteiger partial charge in [-0.3, -0.25) is 9.59 Å². The molecule has 7 nitrogen and oxygen atoms in total. The zero-order valence-electron chi connectivity index (χ0n) is 17.1. The van der Waals surface area contributed by atoms with Gasteiger partial charge in [-0.25, -0.2) is 8.42 Å². The maximum Gasteiger partial charge on any atom is 0.307 e. The molecule has 1 aliphatic heterocycles. The standard InChI is InChI=1S/C20H29BrN2O5S/c1-15(2)13-22(12-10-19(24)28-3)20(25)16-5-4-11-23(14-16)29(26,27)18-8-6-17(21)7-9-18/h6-9,15-16H,4-5,10-14H2,1-3H3. The number of halogens is 1. The molecule has 1 unspecified atom stereocenters. The summed E-state index contributed by atoms with van der Waals surface area (Å²) in [5.74, 6) is -0.638. The monoisotopic (exact) mass is 488 g/mol. The van der Waals surface area contributed by atoms with Crippen molar-refractivity contribution in [1.29, 1.82) is 0 Å². The van der Waals surface area contributed by atoms with E-state index < -0.39 is 15.9 Å². The lowest BCUT2D eigenvalue weighted by molar-refractivity contribution is -0.143. The Kier molecular flexibility index (Phi) is 8.66. The Labute approximate surface area is 181 Å². The molecule has 1 saturated heterocycles. The second kappa shape index (κ2) is 10.5. The zero-order chi connectivity index (χ0) is 21.6. The number of benzene rings is 1. The smallest absolute Gasteiger partial charge is 0.307 e. The molecular formula is C20H29BrN2O5S. The Morgan fingerprint density at radius 3 is 2.52 bits per heavy atom. The lowest BCUT2D eigenvalue weighted by Crippen LogP contribution is -2.47. The van der Waals surface area contributed by atoms with Gasteiger partial charge in [0.15, 0.2) is 0 Å². The summed E-state index contributed by atoms with van der Waals surface area (Å²) in [6, 6.07) is 6.51. The summed E-state index contributed by atoms with van der Waals surface area (Å²) in [5.41, 5.74) is 0. The van der Waals surface area contributed by atoms with Gasteiger partial charge in [0, 0.05) is 30.7 Å². The van der Waals surface area contributed by atoms with Gasteiger partial charge in [-0.15, -0.1) is 0 Å². The molecule has 2 rings (SSSR count). The van der Waals surface area contributed by atoms with Gasteiger partial charge in [0.1, 0.15) is 0 Å². The number of hydrogen-bond acceptors (Lipinski definition) is 5. The van der Waals surface area contributed by atoms with E-state index in [1.54, 1.807) is 29.2 Å². The number of rotatable bonds is 8. The van der Waals surface area contributed by atoms with Crippen molar-refractivity contribution in [3.05, 3.63) is 28.7 Å². The van der Waals surface area contributed by atoms with Crippen molar-refractivity contribution in [3.63, 3.8) is 0 Å². The van der Waals surface area contributed by atoms with Gasteiger partial charge in [-0.1, -0.05) is 29.8 Å². The molecule has 1 aromatic carbocycles. The third kappa shape index (κ3) is 6.52. The third-order valence-electron chi connectivity index (χ3n) is 4.90. The first kappa shape index (κ1) is 23.8. The lowest BCUT2D eigenvalue weighted by atomic mass is 9.97. The fourth-order valence-electron chi connectivity index (χ4n) is 3.44. The van der Waals surface area contributed by atoms with Crippen LogP contribution in [-0.2, 0) is 24.3 Å². The first-order chi connectivity index (χ1) is 13.6. The fraction of sp³-hybridized carbons (Fsp3) is 0.600. The van der Waals surface area contributed by atoms with E-state index in [4.69, 9.17) is 0 Å². The molecule has 1 atom stereocenters. The van der Waals surface area contributed by atoms with E-state index in [1.165, 1.54) is 11.4 Å². The van der Waals surface area contributed by atoms with E-state index in [0.29, 0.717) is 25.9 Å². The fourth-order valence-corrected chi connectivity index (χ4v) is 5.22. The SMILES string of the molecule is COC(=O)CCN(CC(C)C)C(=O)C1CCCN(S(=O)(=O)c2ccc(Br)cc2)C1. The molecule has 1 amide bonds. The molecule has 29 heavy (non-hydrogen) atoms. The molecule has 0 aromatic heterocycles. The van der Waals surface area contributed by atoms with E-state index in [1.807, 2.05) is 13.8 Å². The number of nitrogens with zero attached hydrogens (tertiary/aromatic N) is 2. The minimum Gasteiger partial charge on any atom is -0.469 e. The van der Waals surface area contributed by atoms with Crippen molar-refractivity contribution < 1.29 is 22.7 Å². The molecule has 1 aliphatic rings. The Morgan fingerprint density at radius 2 is 1.93 bits per heavy atom. The molecule has 0 bridgehead atoms. The number of amides is 1. The van der Waals surface area contributed by atoms with Crippen LogP contribution in [0.1, 0.15) is 33.1 Å². The Hall–Kier alpha value is -1.45. The van der Waals surface area contributed by atoms with Crippen molar-refractivity contribution in [2.24, 2.45) is 11.8 Å². The molecule has 1 heterocycles. The van der Waals surface area contributed by atoms with Crippen molar-refractivity contribution in [2.45, 2.75) is 38.0 Å². The highest BCUT2D eigenvalue weighted by Gasteiger charge is 2.35. The minimum atomic E-state index is -3.66. The molecule has 0 radical (unpaired) electrons. The number of piperidine rings is 1. The van der Waals surface area contributed by atoms with E-state index >= 15 is 0 Å². The van der Waals surface area contributed by atoms with Crippen LogP contribution in [0.3, 0.4) is 0 Å². The number of esters is 1. The van der Waals surface area contributed by atoms with Crippen molar-refractivity contribution in [1.82, 2.24) is 9.21 Å². The molecule has 162 valence electrons. The Balaban J connectivity index is 2.13. The molecule has 0 N–H and O–H groups in total. The summed E-state index contributed by atoms with van der Waals surface area (Å²) in [6.07, 6.45) is 1.39. The number of sulfonamides is 1. The van der Waals surface area contributed by atoms with Gasteiger partial charge in [0.25, 0.3) is 0 Å². The van der Waals surface area contributed by atoms with Gasteiger partial charge in [-0.2, -0.15) is 4.31 Å². The van der Waals surface area contributed by atoms with E-state index in [2.05, 4.69) is 20.7 Å². The summed E-state index contributed by atoms with van der Waals surface area (Å²) in [4.78, 5) is 26.5. The topological polar surface area (TPSA) is 84.0 Å². The molecule has 0 saturated carbocycles. The molecule has 9 heteroatoms. The first-order valence-corrected chi connectivity index (χ1v) is 12.0. The third-order valence-corrected chi connectivity index (χ3v) is 7.30. The van der Waals surface area contributed by atoms with Gasteiger partial charge in [0.05, 0.1) is 24.3 Å². The largest absolute Gasteiger partial charge is 0.469 e. The van der Waals surface area contributed by atoms with Gasteiger partial charge in [-0.05, 0) is 43.0 Å². The van der Waals surface area contributed by atoms with Crippen molar-refractivity contribution in [3.8, 4) is 0 Å². The minimum absolute atomic E-state index is 0.0988. The quantitative estimate of drug-likeness (QED) is 0.525. The number of methoxy groups -OCH3 is 1. The zero-order valence-corrected chi connectivity index (χ0v) is 19.5. The highest BCUT2D eigenvalue weighted by Crippen LogP contribution is 2.26. The van der Waals surface area contributed by atoms with Crippen LogP contribution in [0.25, 0.3) is 0 Å². The predicted octanol–water partition coefficient (Wildman–Crippen LogP) is 2.90. The Bertz CT molecular complexity index is 811. The lowest BCUT2D eigenvalue weighted by Gasteiger charge is -2.35. The Morgan fingerprint density at radius 1 is 1.28 bits per heavy atom. The predicted molar refractivity (Wildman–Crippen MR) is 114 cm³/mol. The molecular weight excluding hydrogens is 460 g/mol. The maximum absolute atomic E-state index is 13.1. The van der Waals surface area contributed by atoms with Gasteiger partial charge < -0.3 is 9.64 Å². The number of carbonyl (C=O) groups is 2. The number of hydrogen-bond donors (Lipinski definition) is 0. The average Bonchev–Trinajstić information content (AvgIpc) is 2.70. The molecule has 0 aliphatic carbocycles. The summed E-state index contributed by atoms with van der Waals surface area (Å²) < 4.78 is 32.9. The van der Waals surface area contributed by atoms with Crippen LogP contribution in [-0.4, -0.2) is 62.8 Å². The van der Waals surface area contributed by atoms with Crippen molar-refractivity contribution >= 4 is 37.8 Å².